The summed E-state index contributed by atoms with van der Waals surface area (Å²) in [6, 6.07) is 5.94. The highest BCUT2D eigenvalue weighted by Gasteiger charge is 2.19. The number of hydrogen-bond donors (Lipinski definition) is 2. The molecule has 2 nitrogen and oxygen atoms in total. The van der Waals surface area contributed by atoms with Gasteiger partial charge in [0, 0.05) is 23.6 Å². The van der Waals surface area contributed by atoms with Crippen molar-refractivity contribution in [1.29, 1.82) is 0 Å². The first-order valence-electron chi connectivity index (χ1n) is 5.72. The Balaban J connectivity index is 3.00. The predicted molar refractivity (Wildman–Crippen MR) is 68.9 cm³/mol. The van der Waals surface area contributed by atoms with Crippen LogP contribution in [0.2, 0.25) is 5.02 Å². The highest BCUT2D eigenvalue weighted by atomic mass is 35.5. The number of rotatable bonds is 5. The molecule has 1 aromatic carbocycles. The number of aliphatic hydroxyl groups is 1. The second kappa shape index (κ2) is 6.24. The van der Waals surface area contributed by atoms with E-state index in [-0.39, 0.29) is 18.6 Å². The van der Waals surface area contributed by atoms with E-state index in [1.54, 1.807) is 0 Å². The molecule has 90 valence electrons. The third-order valence-corrected chi connectivity index (χ3v) is 3.29. The van der Waals surface area contributed by atoms with Crippen LogP contribution in [0.1, 0.15) is 36.8 Å². The number of halogens is 1. The maximum Gasteiger partial charge on any atom is 0.0437 e. The molecule has 0 spiro atoms. The summed E-state index contributed by atoms with van der Waals surface area (Å²) >= 11 is 5.93. The first-order valence-corrected chi connectivity index (χ1v) is 6.10. The van der Waals surface area contributed by atoms with Crippen LogP contribution in [0.25, 0.3) is 0 Å². The fourth-order valence-electron chi connectivity index (χ4n) is 2.08. The Morgan fingerprint density at radius 2 is 2.12 bits per heavy atom. The minimum absolute atomic E-state index is 0.0898. The van der Waals surface area contributed by atoms with Gasteiger partial charge >= 0.3 is 0 Å². The second-order valence-corrected chi connectivity index (χ2v) is 4.63. The zero-order chi connectivity index (χ0) is 12.1. The monoisotopic (exact) mass is 241 g/mol. The first kappa shape index (κ1) is 13.5. The molecular weight excluding hydrogens is 222 g/mol. The average molecular weight is 242 g/mol. The Kier molecular flexibility index (Phi) is 5.26. The lowest BCUT2D eigenvalue weighted by molar-refractivity contribution is 0.266. The SMILES string of the molecule is CCC(N)C(CCO)c1ccc(Cl)cc1C. The van der Waals surface area contributed by atoms with Crippen LogP contribution in [0.4, 0.5) is 0 Å². The third-order valence-electron chi connectivity index (χ3n) is 3.06. The summed E-state index contributed by atoms with van der Waals surface area (Å²) in [6.45, 7) is 4.27. The molecule has 0 bridgehead atoms. The summed E-state index contributed by atoms with van der Waals surface area (Å²) in [6.07, 6.45) is 1.62. The van der Waals surface area contributed by atoms with Gasteiger partial charge in [0.15, 0.2) is 0 Å². The van der Waals surface area contributed by atoms with Gasteiger partial charge in [-0.3, -0.25) is 0 Å². The average Bonchev–Trinajstić information content (AvgIpc) is 2.26. The van der Waals surface area contributed by atoms with Crippen LogP contribution in [0.3, 0.4) is 0 Å². The fraction of sp³-hybridized carbons (Fsp3) is 0.538. The molecule has 2 unspecified atom stereocenters. The van der Waals surface area contributed by atoms with Crippen LogP contribution >= 0.6 is 11.6 Å². The fourth-order valence-corrected chi connectivity index (χ4v) is 2.31. The molecule has 0 saturated carbocycles. The molecule has 2 atom stereocenters. The molecule has 0 amide bonds. The first-order chi connectivity index (χ1) is 7.60. The number of aliphatic hydroxyl groups excluding tert-OH is 1. The van der Waals surface area contributed by atoms with E-state index in [4.69, 9.17) is 22.4 Å². The van der Waals surface area contributed by atoms with Gasteiger partial charge in [0.2, 0.25) is 0 Å². The lowest BCUT2D eigenvalue weighted by atomic mass is 9.85. The Labute approximate surface area is 102 Å². The molecule has 1 rings (SSSR count). The van der Waals surface area contributed by atoms with Crippen molar-refractivity contribution >= 4 is 11.6 Å². The molecule has 0 aliphatic rings. The maximum atomic E-state index is 9.11. The van der Waals surface area contributed by atoms with Crippen molar-refractivity contribution in [3.8, 4) is 0 Å². The molecule has 0 aromatic heterocycles. The summed E-state index contributed by atoms with van der Waals surface area (Å²) in [5, 5.41) is 9.85. The Morgan fingerprint density at radius 1 is 1.44 bits per heavy atom. The maximum absolute atomic E-state index is 9.11. The van der Waals surface area contributed by atoms with E-state index in [2.05, 4.69) is 6.92 Å². The summed E-state index contributed by atoms with van der Waals surface area (Å²) < 4.78 is 0. The van der Waals surface area contributed by atoms with E-state index >= 15 is 0 Å². The van der Waals surface area contributed by atoms with Crippen molar-refractivity contribution in [1.82, 2.24) is 0 Å². The molecule has 0 heterocycles. The van der Waals surface area contributed by atoms with E-state index in [9.17, 15) is 0 Å². The van der Waals surface area contributed by atoms with Gasteiger partial charge in [-0.15, -0.1) is 0 Å². The molecule has 0 saturated heterocycles. The number of aryl methyl sites for hydroxylation is 1. The van der Waals surface area contributed by atoms with Gasteiger partial charge in [-0.2, -0.15) is 0 Å². The van der Waals surface area contributed by atoms with Crippen LogP contribution in [0.15, 0.2) is 18.2 Å². The lowest BCUT2D eigenvalue weighted by Crippen LogP contribution is -2.28. The topological polar surface area (TPSA) is 46.2 Å². The molecule has 3 N–H and O–H groups in total. The van der Waals surface area contributed by atoms with Gasteiger partial charge in [-0.1, -0.05) is 24.6 Å². The number of nitrogens with two attached hydrogens (primary N) is 1. The van der Waals surface area contributed by atoms with E-state index < -0.39 is 0 Å². The van der Waals surface area contributed by atoms with Gasteiger partial charge in [0.05, 0.1) is 0 Å². The van der Waals surface area contributed by atoms with Crippen LogP contribution in [0.5, 0.6) is 0 Å². The molecule has 0 aliphatic carbocycles. The van der Waals surface area contributed by atoms with Crippen molar-refractivity contribution < 1.29 is 5.11 Å². The molecule has 3 heteroatoms. The molecule has 0 aliphatic heterocycles. The molecule has 16 heavy (non-hydrogen) atoms. The number of hydrogen-bond acceptors (Lipinski definition) is 2. The highest BCUT2D eigenvalue weighted by molar-refractivity contribution is 6.30. The standard InChI is InChI=1S/C13H20ClNO/c1-3-13(15)12(6-7-16)11-5-4-10(14)8-9(11)2/h4-5,8,12-13,16H,3,6-7,15H2,1-2H3. The third kappa shape index (κ3) is 3.21. The lowest BCUT2D eigenvalue weighted by Gasteiger charge is -2.24. The number of benzene rings is 1. The van der Waals surface area contributed by atoms with Crippen LogP contribution in [0, 0.1) is 6.92 Å². The quantitative estimate of drug-likeness (QED) is 0.833. The van der Waals surface area contributed by atoms with Crippen LogP contribution in [-0.4, -0.2) is 17.8 Å². The van der Waals surface area contributed by atoms with Gasteiger partial charge in [-0.05, 0) is 43.0 Å². The molecule has 1 aromatic rings. The Morgan fingerprint density at radius 3 is 2.62 bits per heavy atom. The van der Waals surface area contributed by atoms with Crippen molar-refractivity contribution in [3.05, 3.63) is 34.3 Å². The van der Waals surface area contributed by atoms with E-state index in [1.165, 1.54) is 5.56 Å². The van der Waals surface area contributed by atoms with E-state index in [0.717, 1.165) is 17.0 Å². The minimum atomic E-state index is 0.0898. The van der Waals surface area contributed by atoms with E-state index in [1.807, 2.05) is 25.1 Å². The van der Waals surface area contributed by atoms with Crippen LogP contribution < -0.4 is 5.73 Å². The van der Waals surface area contributed by atoms with Gasteiger partial charge < -0.3 is 10.8 Å². The second-order valence-electron chi connectivity index (χ2n) is 4.19. The summed E-state index contributed by atoms with van der Waals surface area (Å²) in [7, 11) is 0. The highest BCUT2D eigenvalue weighted by Crippen LogP contribution is 2.28. The predicted octanol–water partition coefficient (Wildman–Crippen LogP) is 2.85. The minimum Gasteiger partial charge on any atom is -0.396 e. The normalized spacial score (nSPS) is 14.8. The van der Waals surface area contributed by atoms with Gasteiger partial charge in [0.1, 0.15) is 0 Å². The van der Waals surface area contributed by atoms with E-state index in [0.29, 0.717) is 6.42 Å². The van der Waals surface area contributed by atoms with Gasteiger partial charge in [0.25, 0.3) is 0 Å². The van der Waals surface area contributed by atoms with Crippen molar-refractivity contribution in [2.45, 2.75) is 38.6 Å². The zero-order valence-electron chi connectivity index (χ0n) is 9.91. The summed E-state index contributed by atoms with van der Waals surface area (Å²) in [5.74, 6) is 0.215. The summed E-state index contributed by atoms with van der Waals surface area (Å²) in [4.78, 5) is 0. The van der Waals surface area contributed by atoms with Crippen molar-refractivity contribution in [2.24, 2.45) is 5.73 Å². The molecule has 0 fully saturated rings. The Bertz CT molecular complexity index is 341. The molecule has 0 radical (unpaired) electrons. The smallest absolute Gasteiger partial charge is 0.0437 e. The summed E-state index contributed by atoms with van der Waals surface area (Å²) in [5.41, 5.74) is 8.45. The van der Waals surface area contributed by atoms with Crippen LogP contribution in [-0.2, 0) is 0 Å². The Hall–Kier alpha value is -0.570. The molecular formula is C13H20ClNO. The largest absolute Gasteiger partial charge is 0.396 e. The zero-order valence-corrected chi connectivity index (χ0v) is 10.7. The van der Waals surface area contributed by atoms with Crippen molar-refractivity contribution in [3.63, 3.8) is 0 Å². The van der Waals surface area contributed by atoms with Gasteiger partial charge in [-0.25, -0.2) is 0 Å². The van der Waals surface area contributed by atoms with Crippen molar-refractivity contribution in [2.75, 3.05) is 6.61 Å².